The molecule has 0 bridgehead atoms. The van der Waals surface area contributed by atoms with Gasteiger partial charge in [-0.05, 0) is 63.3 Å². The summed E-state index contributed by atoms with van der Waals surface area (Å²) >= 11 is 5.14. The SMILES string of the molecule is OC(CCc1ccsc1)c1cc2cccc(Br)c2o1. The minimum absolute atomic E-state index is 0.556. The topological polar surface area (TPSA) is 33.4 Å². The first-order valence-corrected chi connectivity index (χ1v) is 7.85. The maximum absolute atomic E-state index is 10.2. The molecule has 1 N–H and O–H groups in total. The van der Waals surface area contributed by atoms with E-state index in [0.717, 1.165) is 21.9 Å². The van der Waals surface area contributed by atoms with Gasteiger partial charge in [-0.25, -0.2) is 0 Å². The summed E-state index contributed by atoms with van der Waals surface area (Å²) in [5, 5.41) is 15.4. The molecule has 1 unspecified atom stereocenters. The van der Waals surface area contributed by atoms with Crippen molar-refractivity contribution in [3.8, 4) is 0 Å². The predicted molar refractivity (Wildman–Crippen MR) is 81.5 cm³/mol. The molecule has 0 spiro atoms. The van der Waals surface area contributed by atoms with Crippen LogP contribution >= 0.6 is 27.3 Å². The van der Waals surface area contributed by atoms with Crippen molar-refractivity contribution in [2.24, 2.45) is 0 Å². The van der Waals surface area contributed by atoms with E-state index in [4.69, 9.17) is 4.42 Å². The van der Waals surface area contributed by atoms with E-state index in [1.807, 2.05) is 24.3 Å². The fraction of sp³-hybridized carbons (Fsp3) is 0.200. The number of aliphatic hydroxyl groups is 1. The van der Waals surface area contributed by atoms with Gasteiger partial charge < -0.3 is 9.52 Å². The third-order valence-corrected chi connectivity index (χ3v) is 4.49. The van der Waals surface area contributed by atoms with Crippen LogP contribution in [0.4, 0.5) is 0 Å². The van der Waals surface area contributed by atoms with E-state index in [1.165, 1.54) is 5.56 Å². The van der Waals surface area contributed by atoms with Crippen molar-refractivity contribution in [2.45, 2.75) is 18.9 Å². The smallest absolute Gasteiger partial charge is 0.148 e. The second kappa shape index (κ2) is 5.49. The van der Waals surface area contributed by atoms with E-state index in [1.54, 1.807) is 11.3 Å². The summed E-state index contributed by atoms with van der Waals surface area (Å²) in [5.41, 5.74) is 2.06. The molecule has 1 aromatic carbocycles. The maximum atomic E-state index is 10.2. The Kier molecular flexibility index (Phi) is 3.73. The van der Waals surface area contributed by atoms with E-state index in [9.17, 15) is 5.11 Å². The molecule has 1 atom stereocenters. The van der Waals surface area contributed by atoms with Crippen molar-refractivity contribution in [3.05, 3.63) is 56.9 Å². The van der Waals surface area contributed by atoms with Crippen LogP contribution < -0.4 is 0 Å². The van der Waals surface area contributed by atoms with Crippen LogP contribution in [-0.2, 0) is 6.42 Å². The number of aliphatic hydroxyl groups excluding tert-OH is 1. The highest BCUT2D eigenvalue weighted by Gasteiger charge is 2.14. The van der Waals surface area contributed by atoms with Gasteiger partial charge in [0.05, 0.1) is 4.47 Å². The molecule has 2 aromatic heterocycles. The van der Waals surface area contributed by atoms with Crippen LogP contribution in [0.25, 0.3) is 11.0 Å². The van der Waals surface area contributed by atoms with Crippen molar-refractivity contribution in [3.63, 3.8) is 0 Å². The van der Waals surface area contributed by atoms with Gasteiger partial charge in [-0.15, -0.1) is 0 Å². The van der Waals surface area contributed by atoms with Gasteiger partial charge in [0.2, 0.25) is 0 Å². The zero-order valence-corrected chi connectivity index (χ0v) is 12.6. The predicted octanol–water partition coefficient (Wildman–Crippen LogP) is 4.92. The minimum atomic E-state index is -0.556. The number of furan rings is 1. The first-order chi connectivity index (χ1) is 9.24. The molecule has 0 amide bonds. The fourth-order valence-corrected chi connectivity index (χ4v) is 3.26. The van der Waals surface area contributed by atoms with E-state index < -0.39 is 6.10 Å². The van der Waals surface area contributed by atoms with E-state index in [0.29, 0.717) is 12.2 Å². The van der Waals surface area contributed by atoms with Gasteiger partial charge in [0, 0.05) is 5.39 Å². The van der Waals surface area contributed by atoms with Gasteiger partial charge in [0.1, 0.15) is 17.4 Å². The fourth-order valence-electron chi connectivity index (χ4n) is 2.09. The van der Waals surface area contributed by atoms with E-state index in [-0.39, 0.29) is 0 Å². The van der Waals surface area contributed by atoms with Gasteiger partial charge >= 0.3 is 0 Å². The monoisotopic (exact) mass is 336 g/mol. The Bertz CT molecular complexity index is 673. The molecule has 0 saturated heterocycles. The Morgan fingerprint density at radius 2 is 2.21 bits per heavy atom. The number of halogens is 1. The maximum Gasteiger partial charge on any atom is 0.148 e. The van der Waals surface area contributed by atoms with Gasteiger partial charge in [0.25, 0.3) is 0 Å². The molecule has 2 heterocycles. The molecule has 2 nitrogen and oxygen atoms in total. The highest BCUT2D eigenvalue weighted by Crippen LogP contribution is 2.31. The Morgan fingerprint density at radius 1 is 1.32 bits per heavy atom. The Balaban J connectivity index is 1.77. The zero-order chi connectivity index (χ0) is 13.2. The summed E-state index contributed by atoms with van der Waals surface area (Å²) in [7, 11) is 0. The number of benzene rings is 1. The zero-order valence-electron chi connectivity index (χ0n) is 10.2. The summed E-state index contributed by atoms with van der Waals surface area (Å²) in [6.07, 6.45) is 0.982. The minimum Gasteiger partial charge on any atom is -0.457 e. The summed E-state index contributed by atoms with van der Waals surface area (Å²) in [6, 6.07) is 9.89. The van der Waals surface area contributed by atoms with Crippen molar-refractivity contribution in [1.82, 2.24) is 0 Å². The second-order valence-corrected chi connectivity index (χ2v) is 6.13. The molecule has 98 valence electrons. The Hall–Kier alpha value is -1.10. The number of aryl methyl sites for hydroxylation is 1. The van der Waals surface area contributed by atoms with Gasteiger partial charge in [-0.1, -0.05) is 12.1 Å². The first-order valence-electron chi connectivity index (χ1n) is 6.11. The number of fused-ring (bicyclic) bond motifs is 1. The number of para-hydroxylation sites is 1. The van der Waals surface area contributed by atoms with Crippen LogP contribution in [0.3, 0.4) is 0 Å². The van der Waals surface area contributed by atoms with Crippen LogP contribution in [-0.4, -0.2) is 5.11 Å². The molecule has 0 radical (unpaired) electrons. The normalized spacial score (nSPS) is 12.9. The summed E-state index contributed by atoms with van der Waals surface area (Å²) < 4.78 is 6.65. The summed E-state index contributed by atoms with van der Waals surface area (Å²) in [6.45, 7) is 0. The summed E-state index contributed by atoms with van der Waals surface area (Å²) in [4.78, 5) is 0. The molecular weight excluding hydrogens is 324 g/mol. The van der Waals surface area contributed by atoms with Crippen LogP contribution in [0.15, 0.2) is 50.0 Å². The lowest BCUT2D eigenvalue weighted by atomic mass is 10.1. The van der Waals surface area contributed by atoms with Crippen LogP contribution in [0.2, 0.25) is 0 Å². The van der Waals surface area contributed by atoms with Crippen molar-refractivity contribution < 1.29 is 9.52 Å². The van der Waals surface area contributed by atoms with Crippen molar-refractivity contribution >= 4 is 38.2 Å². The number of rotatable bonds is 4. The summed E-state index contributed by atoms with van der Waals surface area (Å²) in [5.74, 6) is 0.636. The standard InChI is InChI=1S/C15H13BrO2S/c16-12-3-1-2-11-8-14(18-15(11)12)13(17)5-4-10-6-7-19-9-10/h1-3,6-9,13,17H,4-5H2. The Morgan fingerprint density at radius 3 is 2.95 bits per heavy atom. The molecule has 3 aromatic rings. The van der Waals surface area contributed by atoms with E-state index >= 15 is 0 Å². The lowest BCUT2D eigenvalue weighted by molar-refractivity contribution is 0.143. The van der Waals surface area contributed by atoms with E-state index in [2.05, 4.69) is 32.8 Å². The van der Waals surface area contributed by atoms with Crippen LogP contribution in [0.1, 0.15) is 23.8 Å². The quantitative estimate of drug-likeness (QED) is 0.733. The third-order valence-electron chi connectivity index (χ3n) is 3.13. The average molecular weight is 337 g/mol. The molecular formula is C15H13BrO2S. The highest BCUT2D eigenvalue weighted by molar-refractivity contribution is 9.10. The lowest BCUT2D eigenvalue weighted by Gasteiger charge is -2.06. The van der Waals surface area contributed by atoms with Gasteiger partial charge in [0.15, 0.2) is 0 Å². The number of hydrogen-bond acceptors (Lipinski definition) is 3. The van der Waals surface area contributed by atoms with Gasteiger partial charge in [-0.2, -0.15) is 11.3 Å². The largest absolute Gasteiger partial charge is 0.457 e. The van der Waals surface area contributed by atoms with Gasteiger partial charge in [-0.3, -0.25) is 0 Å². The number of thiophene rings is 1. The molecule has 0 fully saturated rings. The van der Waals surface area contributed by atoms with Crippen molar-refractivity contribution in [1.29, 1.82) is 0 Å². The molecule has 0 aliphatic heterocycles. The molecule has 19 heavy (non-hydrogen) atoms. The molecule has 0 aliphatic carbocycles. The highest BCUT2D eigenvalue weighted by atomic mass is 79.9. The second-order valence-electron chi connectivity index (χ2n) is 4.49. The molecule has 0 saturated carbocycles. The molecule has 0 aliphatic rings. The lowest BCUT2D eigenvalue weighted by Crippen LogP contribution is -1.97. The third kappa shape index (κ3) is 2.76. The molecule has 4 heteroatoms. The van der Waals surface area contributed by atoms with Crippen molar-refractivity contribution in [2.75, 3.05) is 0 Å². The Labute approximate surface area is 123 Å². The average Bonchev–Trinajstić information content (AvgIpc) is 3.05. The molecule has 3 rings (SSSR count). The first kappa shape index (κ1) is 12.9. The number of hydrogen-bond donors (Lipinski definition) is 1. The van der Waals surface area contributed by atoms with Crippen LogP contribution in [0, 0.1) is 0 Å². The van der Waals surface area contributed by atoms with Crippen LogP contribution in [0.5, 0.6) is 0 Å².